The Balaban J connectivity index is 1.36. The van der Waals surface area contributed by atoms with Gasteiger partial charge in [-0.3, -0.25) is 9.59 Å². The average Bonchev–Trinajstić information content (AvgIpc) is 3.49. The number of carbonyl (C=O) groups is 2. The Labute approximate surface area is 160 Å². The zero-order valence-corrected chi connectivity index (χ0v) is 16.3. The van der Waals surface area contributed by atoms with Crippen LogP contribution < -0.4 is 0 Å². The lowest BCUT2D eigenvalue weighted by Gasteiger charge is -2.56. The zero-order chi connectivity index (χ0) is 18.4. The summed E-state index contributed by atoms with van der Waals surface area (Å²) in [5.74, 6) is 2.77. The lowest BCUT2D eigenvalue weighted by molar-refractivity contribution is -0.164. The fourth-order valence-electron chi connectivity index (χ4n) is 9.12. The van der Waals surface area contributed by atoms with Gasteiger partial charge in [0.25, 0.3) is 0 Å². The second-order valence-corrected chi connectivity index (χ2v) is 11.1. The maximum atomic E-state index is 12.2. The van der Waals surface area contributed by atoms with Crippen LogP contribution in [-0.4, -0.2) is 29.1 Å². The van der Waals surface area contributed by atoms with Crippen molar-refractivity contribution < 1.29 is 19.1 Å². The molecule has 5 aliphatic carbocycles. The van der Waals surface area contributed by atoms with Gasteiger partial charge in [-0.15, -0.1) is 0 Å². The molecule has 2 saturated heterocycles. The van der Waals surface area contributed by atoms with Crippen LogP contribution in [0.1, 0.15) is 65.2 Å². The topological polar surface area (TPSA) is 55.9 Å². The maximum Gasteiger partial charge on any atom is 0.306 e. The number of hydrogen-bond donors (Lipinski definition) is 0. The van der Waals surface area contributed by atoms with Crippen LogP contribution in [0.3, 0.4) is 0 Å². The van der Waals surface area contributed by atoms with Gasteiger partial charge >= 0.3 is 5.97 Å². The van der Waals surface area contributed by atoms with Gasteiger partial charge in [-0.05, 0) is 68.3 Å². The molecule has 4 heteroatoms. The first-order valence-corrected chi connectivity index (χ1v) is 11.0. The summed E-state index contributed by atoms with van der Waals surface area (Å²) in [6.45, 7) is 4.81. The second kappa shape index (κ2) is 4.22. The number of esters is 1. The quantitative estimate of drug-likeness (QED) is 0.484. The Morgan fingerprint density at radius 1 is 1.11 bits per heavy atom. The number of fused-ring (bicyclic) bond motifs is 7. The maximum absolute atomic E-state index is 12.2. The summed E-state index contributed by atoms with van der Waals surface area (Å²) in [5, 5.41) is 0. The number of rotatable bonds is 0. The third-order valence-corrected chi connectivity index (χ3v) is 10.4. The molecule has 0 bridgehead atoms. The molecule has 0 radical (unpaired) electrons. The molecule has 7 aliphatic rings. The Morgan fingerprint density at radius 3 is 2.74 bits per heavy atom. The van der Waals surface area contributed by atoms with Crippen molar-refractivity contribution in [2.75, 3.05) is 0 Å². The Kier molecular flexibility index (Phi) is 2.46. The van der Waals surface area contributed by atoms with E-state index in [1.807, 2.05) is 6.08 Å². The van der Waals surface area contributed by atoms with Crippen molar-refractivity contribution in [3.05, 3.63) is 11.6 Å². The summed E-state index contributed by atoms with van der Waals surface area (Å²) in [4.78, 5) is 24.2. The molecule has 27 heavy (non-hydrogen) atoms. The van der Waals surface area contributed by atoms with Gasteiger partial charge in [0, 0.05) is 23.7 Å². The van der Waals surface area contributed by atoms with Crippen LogP contribution in [0.2, 0.25) is 0 Å². The van der Waals surface area contributed by atoms with E-state index >= 15 is 0 Å². The van der Waals surface area contributed by atoms with Crippen LogP contribution in [0.5, 0.6) is 0 Å². The molecule has 4 saturated carbocycles. The van der Waals surface area contributed by atoms with E-state index in [0.29, 0.717) is 42.3 Å². The van der Waals surface area contributed by atoms with E-state index in [1.54, 1.807) is 0 Å². The number of ketones is 1. The summed E-state index contributed by atoms with van der Waals surface area (Å²) in [6, 6.07) is 0. The molecule has 0 aromatic carbocycles. The van der Waals surface area contributed by atoms with Crippen LogP contribution in [-0.2, 0) is 19.1 Å². The predicted molar refractivity (Wildman–Crippen MR) is 96.6 cm³/mol. The highest BCUT2D eigenvalue weighted by molar-refractivity contribution is 5.92. The molecule has 9 atom stereocenters. The highest BCUT2D eigenvalue weighted by atomic mass is 16.6. The summed E-state index contributed by atoms with van der Waals surface area (Å²) in [6.07, 6.45) is 9.85. The van der Waals surface area contributed by atoms with Crippen molar-refractivity contribution in [1.82, 2.24) is 0 Å². The molecular formula is C23H28O4. The zero-order valence-electron chi connectivity index (χ0n) is 16.3. The third-order valence-electron chi connectivity index (χ3n) is 10.4. The van der Waals surface area contributed by atoms with Gasteiger partial charge in [0.05, 0.1) is 6.10 Å². The van der Waals surface area contributed by atoms with Crippen LogP contribution >= 0.6 is 0 Å². The minimum Gasteiger partial charge on any atom is -0.458 e. The summed E-state index contributed by atoms with van der Waals surface area (Å²) < 4.78 is 12.8. The minimum absolute atomic E-state index is 0.00124. The van der Waals surface area contributed by atoms with Crippen molar-refractivity contribution in [3.63, 3.8) is 0 Å². The molecule has 6 fully saturated rings. The lowest BCUT2D eigenvalue weighted by Crippen LogP contribution is -2.60. The van der Waals surface area contributed by atoms with E-state index in [1.165, 1.54) is 18.4 Å². The van der Waals surface area contributed by atoms with Crippen LogP contribution in [0, 0.1) is 34.5 Å². The third kappa shape index (κ3) is 1.47. The molecule has 2 spiro atoms. The minimum atomic E-state index is -0.239. The average molecular weight is 368 g/mol. The molecule has 4 nitrogen and oxygen atoms in total. The van der Waals surface area contributed by atoms with Crippen LogP contribution in [0.15, 0.2) is 11.6 Å². The standard InChI is InChI=1S/C23H28O4/c1-20-6-3-12(24)9-16(20)13-10-14(13)19-15-4-7-22(8-5-18(25)27-22)21(15,2)11-17-23(19,20)26-17/h9,13-15,17,19H,3-8,10-11H2,1-2H3/t13?,14?,15-,17+,19-,20-,21-,22+,23+/m0/s1. The van der Waals surface area contributed by atoms with Gasteiger partial charge < -0.3 is 9.47 Å². The molecule has 2 aliphatic heterocycles. The van der Waals surface area contributed by atoms with Crippen molar-refractivity contribution in [2.45, 2.75) is 82.5 Å². The molecule has 0 aromatic heterocycles. The molecule has 0 N–H and O–H groups in total. The Morgan fingerprint density at radius 2 is 1.96 bits per heavy atom. The van der Waals surface area contributed by atoms with Gasteiger partial charge in [0.2, 0.25) is 0 Å². The van der Waals surface area contributed by atoms with Gasteiger partial charge in [0.15, 0.2) is 5.78 Å². The van der Waals surface area contributed by atoms with E-state index in [9.17, 15) is 9.59 Å². The van der Waals surface area contributed by atoms with Gasteiger partial charge in [-0.2, -0.15) is 0 Å². The first-order valence-electron chi connectivity index (χ1n) is 11.0. The monoisotopic (exact) mass is 368 g/mol. The summed E-state index contributed by atoms with van der Waals surface area (Å²) >= 11 is 0. The number of epoxide rings is 1. The molecule has 144 valence electrons. The van der Waals surface area contributed by atoms with E-state index in [0.717, 1.165) is 25.7 Å². The summed E-state index contributed by atoms with van der Waals surface area (Å²) in [7, 11) is 0. The van der Waals surface area contributed by atoms with Crippen molar-refractivity contribution in [1.29, 1.82) is 0 Å². The normalized spacial score (nSPS) is 62.0. The molecule has 7 rings (SSSR count). The molecule has 0 amide bonds. The van der Waals surface area contributed by atoms with Crippen LogP contribution in [0.25, 0.3) is 0 Å². The first kappa shape index (κ1) is 15.7. The van der Waals surface area contributed by atoms with Gasteiger partial charge in [-0.1, -0.05) is 19.4 Å². The molecule has 0 aromatic rings. The smallest absolute Gasteiger partial charge is 0.306 e. The van der Waals surface area contributed by atoms with E-state index in [2.05, 4.69) is 13.8 Å². The van der Waals surface area contributed by atoms with E-state index in [4.69, 9.17) is 9.47 Å². The summed E-state index contributed by atoms with van der Waals surface area (Å²) in [5.41, 5.74) is 1.24. The molecular weight excluding hydrogens is 340 g/mol. The van der Waals surface area contributed by atoms with Crippen molar-refractivity contribution in [2.24, 2.45) is 34.5 Å². The van der Waals surface area contributed by atoms with Gasteiger partial charge in [-0.25, -0.2) is 0 Å². The highest BCUT2D eigenvalue weighted by Crippen LogP contribution is 2.82. The number of ether oxygens (including phenoxy) is 2. The van der Waals surface area contributed by atoms with Crippen LogP contribution in [0.4, 0.5) is 0 Å². The Bertz CT molecular complexity index is 845. The van der Waals surface area contributed by atoms with Crippen molar-refractivity contribution >= 4 is 11.8 Å². The largest absolute Gasteiger partial charge is 0.458 e. The van der Waals surface area contributed by atoms with E-state index < -0.39 is 0 Å². The second-order valence-electron chi connectivity index (χ2n) is 11.1. The SMILES string of the molecule is C[C@]12CCC(=O)C=C1C1CC1[C@H]1[C@@H]3CC[C@@]4(CCC(=O)O4)[C@@]3(C)C[C@H]3O[C@]312. The number of hydrogen-bond acceptors (Lipinski definition) is 4. The van der Waals surface area contributed by atoms with E-state index in [-0.39, 0.29) is 34.1 Å². The molecule has 2 unspecified atom stereocenters. The predicted octanol–water partition coefficient (Wildman–Crippen LogP) is 3.58. The van der Waals surface area contributed by atoms with Crippen molar-refractivity contribution in [3.8, 4) is 0 Å². The molecule has 2 heterocycles. The number of carbonyl (C=O) groups excluding carboxylic acids is 2. The lowest BCUT2D eigenvalue weighted by atomic mass is 9.46. The Hall–Kier alpha value is -1.16. The fraction of sp³-hybridized carbons (Fsp3) is 0.826. The highest BCUT2D eigenvalue weighted by Gasteiger charge is 2.85. The first-order chi connectivity index (χ1) is 12.8. The fourth-order valence-corrected chi connectivity index (χ4v) is 9.12. The van der Waals surface area contributed by atoms with Gasteiger partial charge in [0.1, 0.15) is 11.2 Å².